The molecule has 1 aliphatic carbocycles. The molecule has 1 N–H and O–H groups in total. The summed E-state index contributed by atoms with van der Waals surface area (Å²) in [5, 5.41) is 3.33. The Morgan fingerprint density at radius 2 is 1.57 bits per heavy atom. The zero-order chi connectivity index (χ0) is 14.8. The number of hydrogen-bond acceptors (Lipinski definition) is 1. The first kappa shape index (κ1) is 14.2. The van der Waals surface area contributed by atoms with Crippen LogP contribution in [0.2, 0.25) is 0 Å². The first-order valence-corrected chi connectivity index (χ1v) is 7.40. The number of benzene rings is 2. The molecule has 1 fully saturated rings. The Balaban J connectivity index is 1.59. The van der Waals surface area contributed by atoms with E-state index >= 15 is 0 Å². The molecule has 0 bridgehead atoms. The second-order valence-electron chi connectivity index (χ2n) is 5.80. The second-order valence-corrected chi connectivity index (χ2v) is 5.80. The molecule has 21 heavy (non-hydrogen) atoms. The van der Waals surface area contributed by atoms with Gasteiger partial charge in [0.2, 0.25) is 0 Å². The van der Waals surface area contributed by atoms with Crippen molar-refractivity contribution in [2.24, 2.45) is 0 Å². The fourth-order valence-electron chi connectivity index (χ4n) is 3.11. The number of hydrogen-bond donors (Lipinski definition) is 1. The van der Waals surface area contributed by atoms with Gasteiger partial charge in [0.25, 0.3) is 0 Å². The summed E-state index contributed by atoms with van der Waals surface area (Å²) in [5.74, 6) is -0.399. The Hall–Kier alpha value is -1.74. The zero-order valence-corrected chi connectivity index (χ0v) is 12.0. The molecule has 0 saturated heterocycles. The van der Waals surface area contributed by atoms with Crippen LogP contribution < -0.4 is 5.32 Å². The maximum Gasteiger partial charge on any atom is 0.130 e. The van der Waals surface area contributed by atoms with Crippen molar-refractivity contribution in [2.75, 3.05) is 0 Å². The molecular formula is C18H19F2N. The van der Waals surface area contributed by atoms with E-state index in [0.717, 1.165) is 12.8 Å². The maximum atomic E-state index is 13.7. The summed E-state index contributed by atoms with van der Waals surface area (Å²) in [6.45, 7) is 1.82. The predicted molar refractivity (Wildman–Crippen MR) is 80.1 cm³/mol. The van der Waals surface area contributed by atoms with Gasteiger partial charge in [0.1, 0.15) is 11.6 Å². The molecule has 0 heterocycles. The predicted octanol–water partition coefficient (Wildman–Crippen LogP) is 4.56. The van der Waals surface area contributed by atoms with Crippen molar-refractivity contribution in [3.8, 4) is 0 Å². The molecule has 3 rings (SSSR count). The molecule has 2 aromatic carbocycles. The van der Waals surface area contributed by atoms with Crippen molar-refractivity contribution >= 4 is 0 Å². The van der Waals surface area contributed by atoms with E-state index in [1.807, 2.05) is 25.1 Å². The van der Waals surface area contributed by atoms with E-state index in [1.54, 1.807) is 0 Å². The molecule has 3 heteroatoms. The lowest BCUT2D eigenvalue weighted by Crippen LogP contribution is -2.41. The molecule has 0 amide bonds. The topological polar surface area (TPSA) is 12.0 Å². The summed E-state index contributed by atoms with van der Waals surface area (Å²) >= 11 is 0. The van der Waals surface area contributed by atoms with Gasteiger partial charge in [0.05, 0.1) is 0 Å². The summed E-state index contributed by atoms with van der Waals surface area (Å²) in [6, 6.07) is 14.4. The number of halogens is 2. The molecule has 1 atom stereocenters. The first-order valence-electron chi connectivity index (χ1n) is 7.40. The van der Waals surface area contributed by atoms with E-state index in [0.29, 0.717) is 12.0 Å². The summed E-state index contributed by atoms with van der Waals surface area (Å²) in [6.07, 6.45) is 2.04. The van der Waals surface area contributed by atoms with E-state index in [2.05, 4.69) is 17.4 Å². The van der Waals surface area contributed by atoms with Crippen LogP contribution in [0.25, 0.3) is 0 Å². The molecule has 1 saturated carbocycles. The van der Waals surface area contributed by atoms with Crippen LogP contribution in [0.3, 0.4) is 0 Å². The van der Waals surface area contributed by atoms with Crippen molar-refractivity contribution in [1.29, 1.82) is 0 Å². The lowest BCUT2D eigenvalue weighted by molar-refractivity contribution is 0.267. The van der Waals surface area contributed by atoms with E-state index in [9.17, 15) is 8.78 Å². The highest BCUT2D eigenvalue weighted by molar-refractivity contribution is 5.25. The minimum Gasteiger partial charge on any atom is -0.307 e. The summed E-state index contributed by atoms with van der Waals surface area (Å²) in [4.78, 5) is 0. The lowest BCUT2D eigenvalue weighted by Gasteiger charge is -2.38. The van der Waals surface area contributed by atoms with Crippen molar-refractivity contribution < 1.29 is 8.78 Å². The fourth-order valence-corrected chi connectivity index (χ4v) is 3.11. The van der Waals surface area contributed by atoms with Crippen LogP contribution >= 0.6 is 0 Å². The number of rotatable bonds is 4. The average Bonchev–Trinajstić information content (AvgIpc) is 2.43. The van der Waals surface area contributed by atoms with Crippen LogP contribution in [0, 0.1) is 11.6 Å². The second kappa shape index (κ2) is 5.94. The van der Waals surface area contributed by atoms with Crippen molar-refractivity contribution in [2.45, 2.75) is 37.8 Å². The minimum atomic E-state index is -0.478. The van der Waals surface area contributed by atoms with Gasteiger partial charge in [-0.1, -0.05) is 36.4 Å². The highest BCUT2D eigenvalue weighted by Gasteiger charge is 2.31. The molecule has 1 unspecified atom stereocenters. The Bertz CT molecular complexity index is 586. The van der Waals surface area contributed by atoms with Gasteiger partial charge in [-0.2, -0.15) is 0 Å². The van der Waals surface area contributed by atoms with Crippen LogP contribution in [0.5, 0.6) is 0 Å². The third-order valence-corrected chi connectivity index (χ3v) is 4.33. The molecule has 1 nitrogen and oxygen atoms in total. The van der Waals surface area contributed by atoms with Gasteiger partial charge in [-0.25, -0.2) is 8.78 Å². The van der Waals surface area contributed by atoms with Gasteiger partial charge < -0.3 is 5.32 Å². The molecule has 2 aromatic rings. The van der Waals surface area contributed by atoms with Crippen molar-refractivity contribution in [1.82, 2.24) is 5.32 Å². The molecule has 0 aliphatic heterocycles. The minimum absolute atomic E-state index is 0.140. The van der Waals surface area contributed by atoms with Gasteiger partial charge in [-0.15, -0.1) is 0 Å². The van der Waals surface area contributed by atoms with Gasteiger partial charge in [0.15, 0.2) is 0 Å². The van der Waals surface area contributed by atoms with Crippen LogP contribution in [0.1, 0.15) is 42.9 Å². The Morgan fingerprint density at radius 3 is 2.19 bits per heavy atom. The fraction of sp³-hybridized carbons (Fsp3) is 0.333. The summed E-state index contributed by atoms with van der Waals surface area (Å²) < 4.78 is 27.5. The van der Waals surface area contributed by atoms with Crippen LogP contribution in [0.4, 0.5) is 8.78 Å². The van der Waals surface area contributed by atoms with Gasteiger partial charge in [-0.05, 0) is 43.4 Å². The number of nitrogens with one attached hydrogen (secondary N) is 1. The van der Waals surface area contributed by atoms with Gasteiger partial charge >= 0.3 is 0 Å². The highest BCUT2D eigenvalue weighted by Crippen LogP contribution is 2.38. The van der Waals surface area contributed by atoms with Crippen LogP contribution in [-0.2, 0) is 0 Å². The summed E-state index contributed by atoms with van der Waals surface area (Å²) in [5.41, 5.74) is 1.49. The zero-order valence-electron chi connectivity index (χ0n) is 12.0. The third-order valence-electron chi connectivity index (χ3n) is 4.33. The van der Waals surface area contributed by atoms with E-state index in [1.165, 1.54) is 23.8 Å². The molecule has 110 valence electrons. The quantitative estimate of drug-likeness (QED) is 0.869. The van der Waals surface area contributed by atoms with E-state index < -0.39 is 11.6 Å². The molecule has 0 radical (unpaired) electrons. The molecule has 0 aromatic heterocycles. The largest absolute Gasteiger partial charge is 0.307 e. The molecule has 0 spiro atoms. The maximum absolute atomic E-state index is 13.7. The smallest absolute Gasteiger partial charge is 0.130 e. The highest BCUT2D eigenvalue weighted by atomic mass is 19.1. The van der Waals surface area contributed by atoms with E-state index in [-0.39, 0.29) is 11.6 Å². The van der Waals surface area contributed by atoms with E-state index in [4.69, 9.17) is 0 Å². The molecule has 1 aliphatic rings. The van der Waals surface area contributed by atoms with Crippen molar-refractivity contribution in [3.63, 3.8) is 0 Å². The Morgan fingerprint density at radius 1 is 0.952 bits per heavy atom. The molecular weight excluding hydrogens is 268 g/mol. The van der Waals surface area contributed by atoms with Gasteiger partial charge in [-0.3, -0.25) is 0 Å². The standard InChI is InChI=1S/C18H19F2N/c1-12(18-16(19)8-5-9-17(18)20)21-15-10-14(11-15)13-6-3-2-4-7-13/h2-9,12,14-15,21H,10-11H2,1H3. The van der Waals surface area contributed by atoms with Gasteiger partial charge in [0, 0.05) is 17.6 Å². The van der Waals surface area contributed by atoms with Crippen LogP contribution in [0.15, 0.2) is 48.5 Å². The first-order chi connectivity index (χ1) is 10.1. The normalized spacial score (nSPS) is 22.6. The average molecular weight is 287 g/mol. The SMILES string of the molecule is CC(NC1CC(c2ccccc2)C1)c1c(F)cccc1F. The monoisotopic (exact) mass is 287 g/mol. The third kappa shape index (κ3) is 2.98. The Kier molecular flexibility index (Phi) is 4.02. The van der Waals surface area contributed by atoms with Crippen LogP contribution in [-0.4, -0.2) is 6.04 Å². The Labute approximate surface area is 124 Å². The summed E-state index contributed by atoms with van der Waals surface area (Å²) in [7, 11) is 0. The van der Waals surface area contributed by atoms with Crippen molar-refractivity contribution in [3.05, 3.63) is 71.3 Å². The lowest BCUT2D eigenvalue weighted by atomic mass is 9.75.